The molecule has 2 rings (SSSR count). The van der Waals surface area contributed by atoms with Crippen molar-refractivity contribution in [2.24, 2.45) is 11.7 Å². The van der Waals surface area contributed by atoms with Crippen LogP contribution in [0.1, 0.15) is 38.2 Å². The third-order valence-electron chi connectivity index (χ3n) is 3.81. The Morgan fingerprint density at radius 2 is 2.18 bits per heavy atom. The molecule has 0 atom stereocenters. The van der Waals surface area contributed by atoms with Crippen molar-refractivity contribution in [1.82, 2.24) is 10.2 Å². The SMILES string of the molecule is Cc1cnnc(NC2(CN)CCC(C)CC2)c1. The molecule has 1 aromatic rings. The second-order valence-corrected chi connectivity index (χ2v) is 5.41. The van der Waals surface area contributed by atoms with Crippen LogP contribution in [0.25, 0.3) is 0 Å². The Hall–Kier alpha value is -1.16. The minimum atomic E-state index is 0.0228. The summed E-state index contributed by atoms with van der Waals surface area (Å²) in [6.45, 7) is 5.00. The van der Waals surface area contributed by atoms with E-state index in [0.29, 0.717) is 6.54 Å². The second kappa shape index (κ2) is 5.00. The molecule has 0 unspecified atom stereocenters. The van der Waals surface area contributed by atoms with Crippen molar-refractivity contribution >= 4 is 5.82 Å². The molecular formula is C13H22N4. The molecule has 0 radical (unpaired) electrons. The van der Waals surface area contributed by atoms with Gasteiger partial charge in [-0.1, -0.05) is 6.92 Å². The summed E-state index contributed by atoms with van der Waals surface area (Å²) in [5, 5.41) is 11.6. The van der Waals surface area contributed by atoms with Crippen LogP contribution in [0.15, 0.2) is 12.3 Å². The Morgan fingerprint density at radius 1 is 1.47 bits per heavy atom. The molecule has 1 fully saturated rings. The first kappa shape index (κ1) is 12.3. The lowest BCUT2D eigenvalue weighted by Gasteiger charge is -2.39. The third kappa shape index (κ3) is 2.94. The summed E-state index contributed by atoms with van der Waals surface area (Å²) >= 11 is 0. The normalized spacial score (nSPS) is 29.0. The molecule has 4 nitrogen and oxygen atoms in total. The predicted molar refractivity (Wildman–Crippen MR) is 69.8 cm³/mol. The maximum Gasteiger partial charge on any atom is 0.149 e. The van der Waals surface area contributed by atoms with Crippen molar-refractivity contribution < 1.29 is 0 Å². The van der Waals surface area contributed by atoms with Gasteiger partial charge in [0.15, 0.2) is 0 Å². The van der Waals surface area contributed by atoms with Crippen LogP contribution in [0.5, 0.6) is 0 Å². The van der Waals surface area contributed by atoms with Gasteiger partial charge in [-0.3, -0.25) is 0 Å². The molecular weight excluding hydrogens is 212 g/mol. The number of hydrogen-bond donors (Lipinski definition) is 2. The average molecular weight is 234 g/mol. The molecule has 0 amide bonds. The van der Waals surface area contributed by atoms with Gasteiger partial charge in [0.25, 0.3) is 0 Å². The van der Waals surface area contributed by atoms with E-state index in [1.54, 1.807) is 6.20 Å². The van der Waals surface area contributed by atoms with E-state index in [4.69, 9.17) is 5.73 Å². The van der Waals surface area contributed by atoms with Gasteiger partial charge in [0.2, 0.25) is 0 Å². The van der Waals surface area contributed by atoms with Crippen molar-refractivity contribution in [2.75, 3.05) is 11.9 Å². The number of nitrogens with one attached hydrogen (secondary N) is 1. The van der Waals surface area contributed by atoms with Gasteiger partial charge < -0.3 is 11.1 Å². The highest BCUT2D eigenvalue weighted by atomic mass is 15.2. The highest BCUT2D eigenvalue weighted by Crippen LogP contribution is 2.33. The molecule has 0 aliphatic heterocycles. The number of aryl methyl sites for hydroxylation is 1. The zero-order valence-electron chi connectivity index (χ0n) is 10.7. The molecule has 4 heteroatoms. The lowest BCUT2D eigenvalue weighted by Crippen LogP contribution is -2.48. The van der Waals surface area contributed by atoms with Crippen LogP contribution in [0.4, 0.5) is 5.82 Å². The average Bonchev–Trinajstić information content (AvgIpc) is 2.33. The third-order valence-corrected chi connectivity index (χ3v) is 3.81. The summed E-state index contributed by atoms with van der Waals surface area (Å²) in [6.07, 6.45) is 6.50. The minimum Gasteiger partial charge on any atom is -0.362 e. The first-order valence-electron chi connectivity index (χ1n) is 6.41. The fraction of sp³-hybridized carbons (Fsp3) is 0.692. The largest absolute Gasteiger partial charge is 0.362 e. The van der Waals surface area contributed by atoms with E-state index in [1.807, 2.05) is 13.0 Å². The Labute approximate surface area is 103 Å². The zero-order valence-corrected chi connectivity index (χ0v) is 10.7. The summed E-state index contributed by atoms with van der Waals surface area (Å²) in [5.41, 5.74) is 7.11. The van der Waals surface area contributed by atoms with Gasteiger partial charge in [-0.2, -0.15) is 5.10 Å². The minimum absolute atomic E-state index is 0.0228. The molecule has 1 aliphatic carbocycles. The molecule has 0 bridgehead atoms. The number of rotatable bonds is 3. The molecule has 1 saturated carbocycles. The van der Waals surface area contributed by atoms with Gasteiger partial charge >= 0.3 is 0 Å². The molecule has 1 aliphatic rings. The molecule has 0 aromatic carbocycles. The fourth-order valence-corrected chi connectivity index (χ4v) is 2.49. The maximum atomic E-state index is 5.96. The van der Waals surface area contributed by atoms with Crippen molar-refractivity contribution in [2.45, 2.75) is 45.1 Å². The van der Waals surface area contributed by atoms with Crippen molar-refractivity contribution in [1.29, 1.82) is 0 Å². The standard InChI is InChI=1S/C13H22N4/c1-10-3-5-13(9-14,6-4-10)16-12-7-11(2)8-15-17-12/h7-8,10H,3-6,9,14H2,1-2H3,(H,16,17). The number of aromatic nitrogens is 2. The van der Waals surface area contributed by atoms with Crippen LogP contribution in [-0.2, 0) is 0 Å². The summed E-state index contributed by atoms with van der Waals surface area (Å²) < 4.78 is 0. The number of nitrogens with two attached hydrogens (primary N) is 1. The van der Waals surface area contributed by atoms with Crippen molar-refractivity contribution in [3.63, 3.8) is 0 Å². The van der Waals surface area contributed by atoms with Gasteiger partial charge in [-0.25, -0.2) is 0 Å². The lowest BCUT2D eigenvalue weighted by atomic mass is 9.77. The zero-order chi connectivity index (χ0) is 12.3. The molecule has 17 heavy (non-hydrogen) atoms. The Bertz CT molecular complexity index is 369. The van der Waals surface area contributed by atoms with Gasteiger partial charge in [0.1, 0.15) is 5.82 Å². The first-order valence-corrected chi connectivity index (χ1v) is 6.41. The topological polar surface area (TPSA) is 63.8 Å². The highest BCUT2D eigenvalue weighted by molar-refractivity contribution is 5.38. The summed E-state index contributed by atoms with van der Waals surface area (Å²) in [4.78, 5) is 0. The van der Waals surface area contributed by atoms with E-state index in [9.17, 15) is 0 Å². The maximum absolute atomic E-state index is 5.96. The van der Waals surface area contributed by atoms with Crippen molar-refractivity contribution in [3.8, 4) is 0 Å². The van der Waals surface area contributed by atoms with E-state index < -0.39 is 0 Å². The molecule has 1 heterocycles. The van der Waals surface area contributed by atoms with Gasteiger partial charge in [-0.15, -0.1) is 5.10 Å². The van der Waals surface area contributed by atoms with E-state index in [1.165, 1.54) is 12.8 Å². The van der Waals surface area contributed by atoms with Crippen LogP contribution in [0, 0.1) is 12.8 Å². The van der Waals surface area contributed by atoms with Crippen LogP contribution < -0.4 is 11.1 Å². The van der Waals surface area contributed by atoms with Gasteiger partial charge in [-0.05, 0) is 50.2 Å². The van der Waals surface area contributed by atoms with Gasteiger partial charge in [0.05, 0.1) is 11.7 Å². The molecule has 0 spiro atoms. The fourth-order valence-electron chi connectivity index (χ4n) is 2.49. The van der Waals surface area contributed by atoms with Gasteiger partial charge in [0, 0.05) is 6.54 Å². The summed E-state index contributed by atoms with van der Waals surface area (Å²) in [7, 11) is 0. The summed E-state index contributed by atoms with van der Waals surface area (Å²) in [6, 6.07) is 2.03. The Balaban J connectivity index is 2.09. The molecule has 0 saturated heterocycles. The highest BCUT2D eigenvalue weighted by Gasteiger charge is 2.33. The monoisotopic (exact) mass is 234 g/mol. The van der Waals surface area contributed by atoms with E-state index >= 15 is 0 Å². The quantitative estimate of drug-likeness (QED) is 0.840. The van der Waals surface area contributed by atoms with Crippen LogP contribution in [0.3, 0.4) is 0 Å². The number of hydrogen-bond acceptors (Lipinski definition) is 4. The van der Waals surface area contributed by atoms with E-state index in [2.05, 4.69) is 22.4 Å². The van der Waals surface area contributed by atoms with E-state index in [-0.39, 0.29) is 5.54 Å². The predicted octanol–water partition coefficient (Wildman–Crippen LogP) is 2.10. The van der Waals surface area contributed by atoms with Crippen LogP contribution in [-0.4, -0.2) is 22.3 Å². The van der Waals surface area contributed by atoms with E-state index in [0.717, 1.165) is 30.1 Å². The lowest BCUT2D eigenvalue weighted by molar-refractivity contribution is 0.271. The Morgan fingerprint density at radius 3 is 2.76 bits per heavy atom. The first-order chi connectivity index (χ1) is 8.13. The Kier molecular flexibility index (Phi) is 3.62. The number of anilines is 1. The molecule has 1 aromatic heterocycles. The van der Waals surface area contributed by atoms with Crippen molar-refractivity contribution in [3.05, 3.63) is 17.8 Å². The molecule has 3 N–H and O–H groups in total. The molecule has 94 valence electrons. The summed E-state index contributed by atoms with van der Waals surface area (Å²) in [5.74, 6) is 1.67. The smallest absolute Gasteiger partial charge is 0.149 e. The second-order valence-electron chi connectivity index (χ2n) is 5.41. The van der Waals surface area contributed by atoms with Crippen LogP contribution >= 0.6 is 0 Å². The van der Waals surface area contributed by atoms with Crippen LogP contribution in [0.2, 0.25) is 0 Å². The number of nitrogens with zero attached hydrogens (tertiary/aromatic N) is 2.